The maximum Gasteiger partial charge on any atom is 0.160 e. The Morgan fingerprint density at radius 1 is 0.426 bits per heavy atom. The number of rotatable bonds is 6. The van der Waals surface area contributed by atoms with Gasteiger partial charge in [0.25, 0.3) is 0 Å². The summed E-state index contributed by atoms with van der Waals surface area (Å²) in [6, 6.07) is 57.0. The third kappa shape index (κ3) is 5.87. The monoisotopic (exact) mass is 690 g/mol. The SMILES string of the molecule is C1=CC(c2cccc(-c3cc(C4=CC(c5ccccc5)CC=C4)nc(-c4ccccc4)n3)c2)C(c2ccc3c4ccccc4c4ccccc4c3c2)C=C1. The second kappa shape index (κ2) is 13.7. The maximum absolute atomic E-state index is 5.20. The van der Waals surface area contributed by atoms with Gasteiger partial charge in [-0.15, -0.1) is 0 Å². The maximum atomic E-state index is 5.20. The van der Waals surface area contributed by atoms with Crippen LogP contribution in [0.1, 0.15) is 46.6 Å². The molecule has 0 bridgehead atoms. The molecule has 0 saturated heterocycles. The van der Waals surface area contributed by atoms with Crippen LogP contribution in [0.2, 0.25) is 0 Å². The standard InChI is InChI=1S/C52H38N2/c1-3-15-35(16-4-1)37-19-13-21-40(31-37)50-34-51(54-52(53-50)36-17-5-2-6-18-36)41-22-14-20-38(32-41)42-23-7-8-24-43(42)39-29-30-48-46-27-10-9-25-44(46)45-26-11-12-28-47(45)49(48)33-39/h1-18,20-34,37,42-43H,19H2. The van der Waals surface area contributed by atoms with E-state index in [0.717, 1.165) is 40.3 Å². The zero-order valence-electron chi connectivity index (χ0n) is 29.9. The lowest BCUT2D eigenvalue weighted by Crippen LogP contribution is -2.10. The summed E-state index contributed by atoms with van der Waals surface area (Å²) >= 11 is 0. The fourth-order valence-corrected chi connectivity index (χ4v) is 8.53. The van der Waals surface area contributed by atoms with E-state index in [1.54, 1.807) is 0 Å². The van der Waals surface area contributed by atoms with Crippen molar-refractivity contribution in [1.29, 1.82) is 0 Å². The van der Waals surface area contributed by atoms with Gasteiger partial charge in [0.2, 0.25) is 0 Å². The van der Waals surface area contributed by atoms with Crippen molar-refractivity contribution in [3.8, 4) is 22.6 Å². The molecule has 2 aliphatic carbocycles. The van der Waals surface area contributed by atoms with Gasteiger partial charge in [-0.2, -0.15) is 0 Å². The zero-order chi connectivity index (χ0) is 35.8. The van der Waals surface area contributed by atoms with E-state index < -0.39 is 0 Å². The Bertz CT molecular complexity index is 2770. The van der Waals surface area contributed by atoms with Crippen LogP contribution in [-0.2, 0) is 0 Å². The highest BCUT2D eigenvalue weighted by Gasteiger charge is 2.24. The summed E-state index contributed by atoms with van der Waals surface area (Å²) in [5.74, 6) is 1.40. The number of fused-ring (bicyclic) bond motifs is 6. The van der Waals surface area contributed by atoms with E-state index in [1.807, 2.05) is 6.07 Å². The zero-order valence-corrected chi connectivity index (χ0v) is 29.9. The Morgan fingerprint density at radius 3 is 1.69 bits per heavy atom. The number of benzene rings is 7. The molecule has 0 amide bonds. The summed E-state index contributed by atoms with van der Waals surface area (Å²) < 4.78 is 0. The van der Waals surface area contributed by atoms with Crippen LogP contribution in [0, 0.1) is 0 Å². The molecule has 2 heteroatoms. The number of hydrogen-bond donors (Lipinski definition) is 0. The lowest BCUT2D eigenvalue weighted by molar-refractivity contribution is 0.731. The van der Waals surface area contributed by atoms with Crippen molar-refractivity contribution in [3.63, 3.8) is 0 Å². The first-order chi connectivity index (χ1) is 26.8. The van der Waals surface area contributed by atoms with E-state index in [0.29, 0.717) is 5.92 Å². The van der Waals surface area contributed by atoms with Gasteiger partial charge in [-0.05, 0) is 79.2 Å². The average Bonchev–Trinajstić information content (AvgIpc) is 3.27. The summed E-state index contributed by atoms with van der Waals surface area (Å²) in [6.07, 6.45) is 17.0. The second-order valence-corrected chi connectivity index (χ2v) is 14.4. The predicted molar refractivity (Wildman–Crippen MR) is 227 cm³/mol. The molecule has 0 aliphatic heterocycles. The lowest BCUT2D eigenvalue weighted by Gasteiger charge is -2.26. The molecule has 1 heterocycles. The Kier molecular flexibility index (Phi) is 8.15. The Balaban J connectivity index is 1.06. The van der Waals surface area contributed by atoms with Gasteiger partial charge < -0.3 is 0 Å². The minimum atomic E-state index is 0.171. The van der Waals surface area contributed by atoms with Gasteiger partial charge >= 0.3 is 0 Å². The fraction of sp³-hybridized carbons (Fsp3) is 0.0769. The molecular formula is C52H38N2. The molecule has 1 aromatic heterocycles. The Labute approximate surface area is 316 Å². The molecule has 3 atom stereocenters. The van der Waals surface area contributed by atoms with Gasteiger partial charge in [0.05, 0.1) is 11.4 Å². The van der Waals surface area contributed by atoms with Gasteiger partial charge in [-0.1, -0.05) is 182 Å². The van der Waals surface area contributed by atoms with Crippen LogP contribution in [-0.4, -0.2) is 9.97 Å². The van der Waals surface area contributed by atoms with Crippen LogP contribution >= 0.6 is 0 Å². The van der Waals surface area contributed by atoms with Crippen LogP contribution in [0.3, 0.4) is 0 Å². The molecule has 0 radical (unpaired) electrons. The van der Waals surface area contributed by atoms with Crippen LogP contribution in [0.4, 0.5) is 0 Å². The summed E-state index contributed by atoms with van der Waals surface area (Å²) in [5.41, 5.74) is 9.00. The molecule has 0 saturated carbocycles. The van der Waals surface area contributed by atoms with E-state index in [2.05, 4.69) is 194 Å². The van der Waals surface area contributed by atoms with Crippen LogP contribution in [0.15, 0.2) is 200 Å². The van der Waals surface area contributed by atoms with Gasteiger partial charge in [0.15, 0.2) is 5.82 Å². The Morgan fingerprint density at radius 2 is 0.981 bits per heavy atom. The first-order valence-electron chi connectivity index (χ1n) is 18.9. The normalized spacial score (nSPS) is 18.0. The van der Waals surface area contributed by atoms with Crippen LogP contribution < -0.4 is 0 Å². The molecule has 8 aromatic rings. The molecule has 10 rings (SSSR count). The Hall–Kier alpha value is -6.64. The van der Waals surface area contributed by atoms with Gasteiger partial charge in [0.1, 0.15) is 0 Å². The van der Waals surface area contributed by atoms with Gasteiger partial charge in [-0.25, -0.2) is 9.97 Å². The molecule has 54 heavy (non-hydrogen) atoms. The lowest BCUT2D eigenvalue weighted by atomic mass is 9.77. The van der Waals surface area contributed by atoms with Crippen LogP contribution in [0.25, 0.3) is 60.5 Å². The summed E-state index contributed by atoms with van der Waals surface area (Å²) in [5, 5.41) is 7.81. The third-order valence-electron chi connectivity index (χ3n) is 11.2. The number of hydrogen-bond acceptors (Lipinski definition) is 2. The quantitative estimate of drug-likeness (QED) is 0.162. The molecular weight excluding hydrogens is 653 g/mol. The minimum Gasteiger partial charge on any atom is -0.228 e. The molecule has 0 N–H and O–H groups in total. The van der Waals surface area contributed by atoms with Crippen molar-refractivity contribution in [2.24, 2.45) is 0 Å². The van der Waals surface area contributed by atoms with Crippen molar-refractivity contribution in [2.75, 3.05) is 0 Å². The molecule has 256 valence electrons. The summed E-state index contributed by atoms with van der Waals surface area (Å²) in [6.45, 7) is 0. The fourth-order valence-electron chi connectivity index (χ4n) is 8.53. The first-order valence-corrected chi connectivity index (χ1v) is 18.9. The number of allylic oxidation sites excluding steroid dienone is 8. The molecule has 3 unspecified atom stereocenters. The summed E-state index contributed by atoms with van der Waals surface area (Å²) in [7, 11) is 0. The van der Waals surface area contributed by atoms with E-state index >= 15 is 0 Å². The third-order valence-corrected chi connectivity index (χ3v) is 11.2. The highest BCUT2D eigenvalue weighted by Crippen LogP contribution is 2.42. The van der Waals surface area contributed by atoms with E-state index in [9.17, 15) is 0 Å². The van der Waals surface area contributed by atoms with Gasteiger partial charge in [-0.3, -0.25) is 0 Å². The topological polar surface area (TPSA) is 25.8 Å². The number of nitrogens with zero attached hydrogens (tertiary/aromatic N) is 2. The molecule has 2 aliphatic rings. The second-order valence-electron chi connectivity index (χ2n) is 14.4. The predicted octanol–water partition coefficient (Wildman–Crippen LogP) is 13.4. The molecule has 0 fully saturated rings. The minimum absolute atomic E-state index is 0.171. The van der Waals surface area contributed by atoms with E-state index in [4.69, 9.17) is 9.97 Å². The van der Waals surface area contributed by atoms with Gasteiger partial charge in [0, 0.05) is 28.9 Å². The average molecular weight is 691 g/mol. The van der Waals surface area contributed by atoms with Crippen molar-refractivity contribution < 1.29 is 0 Å². The highest BCUT2D eigenvalue weighted by atomic mass is 14.9. The van der Waals surface area contributed by atoms with Crippen molar-refractivity contribution >= 4 is 37.9 Å². The van der Waals surface area contributed by atoms with E-state index in [1.165, 1.54) is 49.0 Å². The van der Waals surface area contributed by atoms with Crippen molar-refractivity contribution in [1.82, 2.24) is 9.97 Å². The van der Waals surface area contributed by atoms with Crippen molar-refractivity contribution in [2.45, 2.75) is 24.2 Å². The largest absolute Gasteiger partial charge is 0.228 e. The van der Waals surface area contributed by atoms with E-state index in [-0.39, 0.29) is 11.8 Å². The smallest absolute Gasteiger partial charge is 0.160 e. The molecule has 7 aromatic carbocycles. The molecule has 2 nitrogen and oxygen atoms in total. The van der Waals surface area contributed by atoms with Crippen LogP contribution in [0.5, 0.6) is 0 Å². The highest BCUT2D eigenvalue weighted by molar-refractivity contribution is 6.25. The number of aromatic nitrogens is 2. The van der Waals surface area contributed by atoms with Crippen molar-refractivity contribution in [3.05, 3.63) is 223 Å². The first kappa shape index (κ1) is 32.0. The summed E-state index contributed by atoms with van der Waals surface area (Å²) in [4.78, 5) is 10.4. The molecule has 0 spiro atoms.